The molecule has 226 valence electrons. The highest BCUT2D eigenvalue weighted by atomic mass is 32.1. The van der Waals surface area contributed by atoms with E-state index in [0.29, 0.717) is 59.1 Å². The lowest BCUT2D eigenvalue weighted by molar-refractivity contribution is -0.152. The number of carbonyl (C=O) groups excluding carboxylic acids is 3. The van der Waals surface area contributed by atoms with E-state index < -0.39 is 11.9 Å². The first-order chi connectivity index (χ1) is 21.4. The average Bonchev–Trinajstić information content (AvgIpc) is 3.60. The van der Waals surface area contributed by atoms with E-state index in [0.717, 1.165) is 23.6 Å². The minimum Gasteiger partial charge on any atom is -0.465 e. The number of nitriles is 1. The zero-order valence-electron chi connectivity index (χ0n) is 24.3. The van der Waals surface area contributed by atoms with Gasteiger partial charge in [0.05, 0.1) is 35.6 Å². The van der Waals surface area contributed by atoms with Crippen LogP contribution in [0, 0.1) is 17.2 Å². The Morgan fingerprint density at radius 2 is 1.86 bits per heavy atom. The number of methoxy groups -OCH3 is 1. The van der Waals surface area contributed by atoms with Crippen LogP contribution in [0.1, 0.15) is 61.6 Å². The van der Waals surface area contributed by atoms with Crippen LogP contribution in [0.4, 0.5) is 10.8 Å². The van der Waals surface area contributed by atoms with Crippen LogP contribution in [-0.4, -0.2) is 42.7 Å². The molecule has 1 aliphatic carbocycles. The fourth-order valence-electron chi connectivity index (χ4n) is 4.84. The summed E-state index contributed by atoms with van der Waals surface area (Å²) in [5.41, 5.74) is 1.19. The third-order valence-corrected chi connectivity index (χ3v) is 8.11. The van der Waals surface area contributed by atoms with E-state index in [-0.39, 0.29) is 29.3 Å². The van der Waals surface area contributed by atoms with Gasteiger partial charge in [-0.3, -0.25) is 4.79 Å². The van der Waals surface area contributed by atoms with E-state index >= 15 is 0 Å². The van der Waals surface area contributed by atoms with Crippen LogP contribution in [0.3, 0.4) is 0 Å². The van der Waals surface area contributed by atoms with Gasteiger partial charge in [0.25, 0.3) is 0 Å². The molecule has 12 heteroatoms. The number of thiazole rings is 1. The maximum Gasteiger partial charge on any atom is 0.349 e. The van der Waals surface area contributed by atoms with Crippen molar-refractivity contribution in [1.29, 1.82) is 5.26 Å². The van der Waals surface area contributed by atoms with Gasteiger partial charge in [-0.1, -0.05) is 36.8 Å². The Kier molecular flexibility index (Phi) is 9.76. The highest BCUT2D eigenvalue weighted by Crippen LogP contribution is 2.33. The van der Waals surface area contributed by atoms with Crippen LogP contribution < -0.4 is 0 Å². The summed E-state index contributed by atoms with van der Waals surface area (Å²) in [7, 11) is 1.34. The summed E-state index contributed by atoms with van der Waals surface area (Å²) in [6.45, 7) is 2.47. The maximum absolute atomic E-state index is 12.7. The van der Waals surface area contributed by atoms with E-state index in [4.69, 9.17) is 18.6 Å². The topological polar surface area (TPSA) is 153 Å². The molecule has 0 unspecified atom stereocenters. The van der Waals surface area contributed by atoms with Gasteiger partial charge in [-0.2, -0.15) is 10.2 Å². The second-order valence-corrected chi connectivity index (χ2v) is 11.3. The molecule has 1 saturated carbocycles. The number of nitrogens with zero attached hydrogens (tertiary/aromatic N) is 4. The fraction of sp³-hybridized carbons (Fsp3) is 0.344. The van der Waals surface area contributed by atoms with Gasteiger partial charge >= 0.3 is 17.9 Å². The van der Waals surface area contributed by atoms with Crippen molar-refractivity contribution < 1.29 is 33.0 Å². The molecule has 5 rings (SSSR count). The lowest BCUT2D eigenvalue weighted by Gasteiger charge is -2.27. The van der Waals surface area contributed by atoms with Crippen LogP contribution in [-0.2, 0) is 23.8 Å². The van der Waals surface area contributed by atoms with Gasteiger partial charge in [0.2, 0.25) is 10.8 Å². The smallest absolute Gasteiger partial charge is 0.349 e. The zero-order chi connectivity index (χ0) is 31.1. The number of hydrogen-bond donors (Lipinski definition) is 0. The minimum atomic E-state index is -0.736. The van der Waals surface area contributed by atoms with E-state index in [2.05, 4.69) is 15.2 Å². The van der Waals surface area contributed by atoms with Crippen LogP contribution in [0.15, 0.2) is 62.7 Å². The molecule has 1 fully saturated rings. The van der Waals surface area contributed by atoms with Crippen molar-refractivity contribution in [3.05, 3.63) is 59.4 Å². The van der Waals surface area contributed by atoms with Gasteiger partial charge in [0, 0.05) is 12.1 Å². The quantitative estimate of drug-likeness (QED) is 0.0439. The van der Waals surface area contributed by atoms with Crippen LogP contribution in [0.5, 0.6) is 0 Å². The Labute approximate surface area is 257 Å². The molecule has 2 aromatic carbocycles. The number of ether oxygens (including phenoxy) is 3. The van der Waals surface area contributed by atoms with E-state index in [1.54, 1.807) is 24.3 Å². The van der Waals surface area contributed by atoms with Crippen molar-refractivity contribution in [1.82, 2.24) is 4.98 Å². The third kappa shape index (κ3) is 7.36. The SMILES string of the molecule is CCCCOC(=O)C1CCC(OC(=O)/C(C#N)=C/c2cc3sc(/N=N/c4ccc5cc(C(=O)OC)ccc5c4)nc3o2)CC1. The summed E-state index contributed by atoms with van der Waals surface area (Å²) in [5.74, 6) is -1.22. The molecule has 0 aliphatic heterocycles. The third-order valence-electron chi connectivity index (χ3n) is 7.24. The lowest BCUT2D eigenvalue weighted by Crippen LogP contribution is -2.29. The van der Waals surface area contributed by atoms with Crippen LogP contribution in [0.2, 0.25) is 0 Å². The van der Waals surface area contributed by atoms with Crippen molar-refractivity contribution in [3.63, 3.8) is 0 Å². The first-order valence-electron chi connectivity index (χ1n) is 14.3. The molecule has 0 atom stereocenters. The predicted octanol–water partition coefficient (Wildman–Crippen LogP) is 7.60. The second-order valence-electron chi connectivity index (χ2n) is 10.3. The van der Waals surface area contributed by atoms with E-state index in [1.807, 2.05) is 31.2 Å². The van der Waals surface area contributed by atoms with E-state index in [9.17, 15) is 19.6 Å². The second kappa shape index (κ2) is 14.1. The number of azo groups is 1. The van der Waals surface area contributed by atoms with Gasteiger partial charge in [0.1, 0.15) is 23.5 Å². The Morgan fingerprint density at radius 1 is 1.09 bits per heavy atom. The molecule has 2 heterocycles. The van der Waals surface area contributed by atoms with Crippen molar-refractivity contribution in [2.45, 2.75) is 51.6 Å². The molecular formula is C32H30N4O7S. The molecule has 0 bridgehead atoms. The number of rotatable bonds is 10. The average molecular weight is 615 g/mol. The van der Waals surface area contributed by atoms with Crippen molar-refractivity contribution >= 4 is 67.3 Å². The summed E-state index contributed by atoms with van der Waals surface area (Å²) < 4.78 is 22.0. The van der Waals surface area contributed by atoms with Crippen molar-refractivity contribution in [2.24, 2.45) is 16.1 Å². The van der Waals surface area contributed by atoms with E-state index in [1.165, 1.54) is 24.5 Å². The molecule has 2 aromatic heterocycles. The lowest BCUT2D eigenvalue weighted by atomic mass is 9.87. The molecule has 1 aliphatic rings. The Balaban J connectivity index is 1.18. The minimum absolute atomic E-state index is 0.184. The summed E-state index contributed by atoms with van der Waals surface area (Å²) in [5, 5.41) is 20.2. The van der Waals surface area contributed by atoms with Gasteiger partial charge in [0.15, 0.2) is 0 Å². The number of furan rings is 1. The molecule has 0 amide bonds. The number of fused-ring (bicyclic) bond motifs is 2. The Bertz CT molecular complexity index is 1760. The first-order valence-corrected chi connectivity index (χ1v) is 15.1. The summed E-state index contributed by atoms with van der Waals surface area (Å²) >= 11 is 1.25. The predicted molar refractivity (Wildman–Crippen MR) is 163 cm³/mol. The number of aromatic nitrogens is 1. The standard InChI is InChI=1S/C32H30N4O7S/c1-3-4-13-41-30(38)19-8-11-25(12-9-19)43-31(39)23(18-33)16-26-17-27-28(42-26)34-32(44-27)36-35-24-10-7-20-14-22(29(37)40-2)6-5-21(20)15-24/h5-7,10,14-17,19,25H,3-4,8-9,11-13H2,1-2H3/b23-16+,36-35+. The number of carbonyl (C=O) groups is 3. The number of unbranched alkanes of at least 4 members (excludes halogenated alkanes) is 1. The molecular weight excluding hydrogens is 584 g/mol. The van der Waals surface area contributed by atoms with Gasteiger partial charge < -0.3 is 18.6 Å². The number of esters is 3. The molecule has 4 aromatic rings. The molecule has 44 heavy (non-hydrogen) atoms. The molecule has 11 nitrogen and oxygen atoms in total. The summed E-state index contributed by atoms with van der Waals surface area (Å²) in [6, 6.07) is 14.3. The monoisotopic (exact) mass is 614 g/mol. The zero-order valence-corrected chi connectivity index (χ0v) is 25.1. The Morgan fingerprint density at radius 3 is 2.59 bits per heavy atom. The summed E-state index contributed by atoms with van der Waals surface area (Å²) in [4.78, 5) is 41.0. The van der Waals surface area contributed by atoms with Crippen LogP contribution in [0.25, 0.3) is 27.3 Å². The maximum atomic E-state index is 12.7. The van der Waals surface area contributed by atoms with Gasteiger partial charge in [-0.15, -0.1) is 10.2 Å². The van der Waals surface area contributed by atoms with Crippen molar-refractivity contribution in [3.8, 4) is 6.07 Å². The molecule has 0 spiro atoms. The normalized spacial score (nSPS) is 17.1. The van der Waals surface area contributed by atoms with Crippen LogP contribution >= 0.6 is 11.3 Å². The largest absolute Gasteiger partial charge is 0.465 e. The molecule has 0 radical (unpaired) electrons. The Hall–Kier alpha value is -4.89. The highest BCUT2D eigenvalue weighted by Gasteiger charge is 2.30. The fourth-order valence-corrected chi connectivity index (χ4v) is 5.60. The highest BCUT2D eigenvalue weighted by molar-refractivity contribution is 7.21. The van der Waals surface area contributed by atoms with Gasteiger partial charge in [-0.05, 0) is 67.1 Å². The molecule has 0 N–H and O–H groups in total. The molecule has 0 saturated heterocycles. The number of benzene rings is 2. The number of hydrogen-bond acceptors (Lipinski definition) is 12. The first kappa shape index (κ1) is 30.6. The van der Waals surface area contributed by atoms with Crippen molar-refractivity contribution in [2.75, 3.05) is 13.7 Å². The summed E-state index contributed by atoms with van der Waals surface area (Å²) in [6.07, 6.45) is 4.98. The van der Waals surface area contributed by atoms with Gasteiger partial charge in [-0.25, -0.2) is 9.59 Å².